The van der Waals surface area contributed by atoms with Gasteiger partial charge in [0.2, 0.25) is 0 Å². The summed E-state index contributed by atoms with van der Waals surface area (Å²) >= 11 is 0. The number of benzene rings is 1. The summed E-state index contributed by atoms with van der Waals surface area (Å²) in [6.07, 6.45) is 0. The molecule has 2 rings (SSSR count). The lowest BCUT2D eigenvalue weighted by Crippen LogP contribution is -2.35. The molecule has 3 nitrogen and oxygen atoms in total. The van der Waals surface area contributed by atoms with Crippen molar-refractivity contribution in [3.05, 3.63) is 29.6 Å². The Morgan fingerprint density at radius 2 is 2.06 bits per heavy atom. The Bertz CT molecular complexity index is 491. The molecule has 2 aromatic rings. The fourth-order valence-corrected chi connectivity index (χ4v) is 1.66. The Kier molecular flexibility index (Phi) is 2.72. The molecule has 0 atom stereocenters. The quantitative estimate of drug-likeness (QED) is 0.812. The monoisotopic (exact) mass is 217 g/mol. The van der Waals surface area contributed by atoms with Crippen molar-refractivity contribution in [3.63, 3.8) is 0 Å². The standard InChI is InChI=1S/C13H19N3/c1-9-15-11-6-5-10(7-12(11)16-9)8-14-13(2,3)4/h5-7,14H,8H2,1-4H3,(H,15,16). The van der Waals surface area contributed by atoms with E-state index in [0.29, 0.717) is 0 Å². The highest BCUT2D eigenvalue weighted by atomic mass is 14.9. The van der Waals surface area contributed by atoms with Crippen LogP contribution in [0.1, 0.15) is 32.2 Å². The van der Waals surface area contributed by atoms with Gasteiger partial charge >= 0.3 is 0 Å². The van der Waals surface area contributed by atoms with Crippen LogP contribution >= 0.6 is 0 Å². The number of aryl methyl sites for hydroxylation is 1. The maximum atomic E-state index is 4.39. The highest BCUT2D eigenvalue weighted by molar-refractivity contribution is 5.75. The summed E-state index contributed by atoms with van der Waals surface area (Å²) in [5, 5.41) is 3.48. The zero-order valence-corrected chi connectivity index (χ0v) is 10.4. The van der Waals surface area contributed by atoms with Crippen LogP contribution in [-0.2, 0) is 6.54 Å². The van der Waals surface area contributed by atoms with Crippen molar-refractivity contribution >= 4 is 11.0 Å². The number of nitrogens with zero attached hydrogens (tertiary/aromatic N) is 1. The van der Waals surface area contributed by atoms with E-state index >= 15 is 0 Å². The summed E-state index contributed by atoms with van der Waals surface area (Å²) in [4.78, 5) is 7.64. The molecular weight excluding hydrogens is 198 g/mol. The first kappa shape index (κ1) is 11.1. The smallest absolute Gasteiger partial charge is 0.104 e. The molecule has 0 fully saturated rings. The average molecular weight is 217 g/mol. The molecule has 0 saturated heterocycles. The molecule has 2 N–H and O–H groups in total. The molecule has 0 saturated carbocycles. The van der Waals surface area contributed by atoms with Crippen molar-refractivity contribution in [3.8, 4) is 0 Å². The van der Waals surface area contributed by atoms with E-state index in [1.165, 1.54) is 5.56 Å². The van der Waals surface area contributed by atoms with Crippen LogP contribution in [0.2, 0.25) is 0 Å². The SMILES string of the molecule is Cc1nc2ccc(CNC(C)(C)C)cc2[nH]1. The summed E-state index contributed by atoms with van der Waals surface area (Å²) in [5.74, 6) is 0.968. The number of imidazole rings is 1. The second-order valence-electron chi connectivity index (χ2n) is 5.28. The van der Waals surface area contributed by atoms with Crippen LogP contribution in [0, 0.1) is 6.92 Å². The van der Waals surface area contributed by atoms with Gasteiger partial charge in [-0.3, -0.25) is 0 Å². The molecule has 0 spiro atoms. The number of fused-ring (bicyclic) bond motifs is 1. The van der Waals surface area contributed by atoms with E-state index in [9.17, 15) is 0 Å². The van der Waals surface area contributed by atoms with E-state index in [1.807, 2.05) is 6.92 Å². The molecule has 0 bridgehead atoms. The van der Waals surface area contributed by atoms with Crippen molar-refractivity contribution in [1.82, 2.24) is 15.3 Å². The van der Waals surface area contributed by atoms with Gasteiger partial charge in [-0.1, -0.05) is 6.07 Å². The fourth-order valence-electron chi connectivity index (χ4n) is 1.66. The van der Waals surface area contributed by atoms with Crippen LogP contribution in [-0.4, -0.2) is 15.5 Å². The molecule has 0 aliphatic carbocycles. The summed E-state index contributed by atoms with van der Waals surface area (Å²) < 4.78 is 0. The van der Waals surface area contributed by atoms with Gasteiger partial charge in [0.25, 0.3) is 0 Å². The van der Waals surface area contributed by atoms with E-state index in [-0.39, 0.29) is 5.54 Å². The predicted molar refractivity (Wildman–Crippen MR) is 67.4 cm³/mol. The van der Waals surface area contributed by atoms with Crippen LogP contribution < -0.4 is 5.32 Å². The summed E-state index contributed by atoms with van der Waals surface area (Å²) in [6.45, 7) is 9.38. The van der Waals surface area contributed by atoms with Gasteiger partial charge in [-0.25, -0.2) is 4.98 Å². The lowest BCUT2D eigenvalue weighted by atomic mass is 10.1. The number of aromatic amines is 1. The third-order valence-corrected chi connectivity index (χ3v) is 2.49. The number of hydrogen-bond acceptors (Lipinski definition) is 2. The van der Waals surface area contributed by atoms with Crippen molar-refractivity contribution in [2.24, 2.45) is 0 Å². The minimum atomic E-state index is 0.152. The normalized spacial score (nSPS) is 12.2. The van der Waals surface area contributed by atoms with Gasteiger partial charge in [0.1, 0.15) is 5.82 Å². The minimum absolute atomic E-state index is 0.152. The Morgan fingerprint density at radius 1 is 1.31 bits per heavy atom. The van der Waals surface area contributed by atoms with Crippen LogP contribution in [0.4, 0.5) is 0 Å². The molecule has 0 unspecified atom stereocenters. The fraction of sp³-hybridized carbons (Fsp3) is 0.462. The maximum absolute atomic E-state index is 4.39. The highest BCUT2D eigenvalue weighted by Gasteiger charge is 2.08. The summed E-state index contributed by atoms with van der Waals surface area (Å²) in [7, 11) is 0. The van der Waals surface area contributed by atoms with E-state index in [0.717, 1.165) is 23.4 Å². The molecule has 1 heterocycles. The molecule has 3 heteroatoms. The molecule has 1 aromatic heterocycles. The first-order valence-electron chi connectivity index (χ1n) is 5.64. The lowest BCUT2D eigenvalue weighted by Gasteiger charge is -2.20. The third kappa shape index (κ3) is 2.61. The number of rotatable bonds is 2. The van der Waals surface area contributed by atoms with Gasteiger partial charge in [0, 0.05) is 12.1 Å². The Labute approximate surface area is 96.3 Å². The maximum Gasteiger partial charge on any atom is 0.104 e. The van der Waals surface area contributed by atoms with Crippen molar-refractivity contribution in [2.45, 2.75) is 39.8 Å². The van der Waals surface area contributed by atoms with Crippen LogP contribution in [0.5, 0.6) is 0 Å². The van der Waals surface area contributed by atoms with Crippen LogP contribution in [0.25, 0.3) is 11.0 Å². The van der Waals surface area contributed by atoms with Crippen molar-refractivity contribution in [1.29, 1.82) is 0 Å². The Morgan fingerprint density at radius 3 is 2.75 bits per heavy atom. The molecule has 0 radical (unpaired) electrons. The molecular formula is C13H19N3. The number of H-pyrrole nitrogens is 1. The highest BCUT2D eigenvalue weighted by Crippen LogP contribution is 2.14. The van der Waals surface area contributed by atoms with Crippen molar-refractivity contribution < 1.29 is 0 Å². The molecule has 0 aliphatic rings. The molecule has 1 aromatic carbocycles. The van der Waals surface area contributed by atoms with Gasteiger partial charge in [-0.2, -0.15) is 0 Å². The minimum Gasteiger partial charge on any atom is -0.342 e. The van der Waals surface area contributed by atoms with Crippen LogP contribution in [0.15, 0.2) is 18.2 Å². The number of hydrogen-bond donors (Lipinski definition) is 2. The Hall–Kier alpha value is -1.35. The summed E-state index contributed by atoms with van der Waals surface area (Å²) in [6, 6.07) is 6.36. The lowest BCUT2D eigenvalue weighted by molar-refractivity contribution is 0.424. The van der Waals surface area contributed by atoms with Gasteiger partial charge in [0.05, 0.1) is 11.0 Å². The Balaban J connectivity index is 2.19. The van der Waals surface area contributed by atoms with E-state index in [1.54, 1.807) is 0 Å². The first-order valence-corrected chi connectivity index (χ1v) is 5.64. The zero-order valence-electron chi connectivity index (χ0n) is 10.4. The van der Waals surface area contributed by atoms with E-state index in [4.69, 9.17) is 0 Å². The molecule has 0 aliphatic heterocycles. The molecule has 0 amide bonds. The van der Waals surface area contributed by atoms with E-state index < -0.39 is 0 Å². The van der Waals surface area contributed by atoms with Gasteiger partial charge < -0.3 is 10.3 Å². The predicted octanol–water partition coefficient (Wildman–Crippen LogP) is 2.76. The number of aromatic nitrogens is 2. The summed E-state index contributed by atoms with van der Waals surface area (Å²) in [5.41, 5.74) is 3.59. The largest absolute Gasteiger partial charge is 0.342 e. The third-order valence-electron chi connectivity index (χ3n) is 2.49. The van der Waals surface area contributed by atoms with Crippen LogP contribution in [0.3, 0.4) is 0 Å². The molecule has 16 heavy (non-hydrogen) atoms. The second kappa shape index (κ2) is 3.91. The topological polar surface area (TPSA) is 40.7 Å². The average Bonchev–Trinajstić information content (AvgIpc) is 2.52. The van der Waals surface area contributed by atoms with Gasteiger partial charge in [-0.05, 0) is 45.4 Å². The molecule has 86 valence electrons. The number of nitrogens with one attached hydrogen (secondary N) is 2. The van der Waals surface area contributed by atoms with Gasteiger partial charge in [-0.15, -0.1) is 0 Å². The van der Waals surface area contributed by atoms with Crippen molar-refractivity contribution in [2.75, 3.05) is 0 Å². The second-order valence-corrected chi connectivity index (χ2v) is 5.28. The van der Waals surface area contributed by atoms with Gasteiger partial charge in [0.15, 0.2) is 0 Å². The van der Waals surface area contributed by atoms with E-state index in [2.05, 4.69) is 54.3 Å². The zero-order chi connectivity index (χ0) is 11.8. The first-order chi connectivity index (χ1) is 7.44.